The molecule has 1 heterocycles. The van der Waals surface area contributed by atoms with Gasteiger partial charge in [0.15, 0.2) is 23.5 Å². The topological polar surface area (TPSA) is 155 Å². The summed E-state index contributed by atoms with van der Waals surface area (Å²) in [6, 6.07) is -0.995. The number of rotatable bonds is 6. The molecule has 0 saturated carbocycles. The third-order valence-corrected chi connectivity index (χ3v) is 3.52. The van der Waals surface area contributed by atoms with Crippen LogP contribution >= 0.6 is 12.2 Å². The van der Waals surface area contributed by atoms with Gasteiger partial charge in [-0.15, -0.1) is 0 Å². The monoisotopic (exact) mass is 405 g/mol. The van der Waals surface area contributed by atoms with E-state index in [1.807, 2.05) is 0 Å². The third kappa shape index (κ3) is 7.35. The van der Waals surface area contributed by atoms with Gasteiger partial charge in [-0.25, -0.2) is 0 Å². The molecule has 12 heteroatoms. The summed E-state index contributed by atoms with van der Waals surface area (Å²) in [6.45, 7) is 4.45. The first-order valence-corrected chi connectivity index (χ1v) is 8.38. The maximum atomic E-state index is 11.6. The van der Waals surface area contributed by atoms with Crippen LogP contribution in [-0.4, -0.2) is 66.1 Å². The van der Waals surface area contributed by atoms with Crippen LogP contribution in [0.3, 0.4) is 0 Å². The smallest absolute Gasteiger partial charge is 0.303 e. The van der Waals surface area contributed by atoms with Crippen molar-refractivity contribution in [2.75, 3.05) is 6.61 Å². The highest BCUT2D eigenvalue weighted by molar-refractivity contribution is 7.80. The molecule has 11 nitrogen and oxygen atoms in total. The van der Waals surface area contributed by atoms with E-state index in [0.717, 1.165) is 13.8 Å². The molecule has 5 atom stereocenters. The molecule has 1 aliphatic rings. The highest BCUT2D eigenvalue weighted by atomic mass is 32.1. The van der Waals surface area contributed by atoms with Crippen LogP contribution in [0.2, 0.25) is 0 Å². The Morgan fingerprint density at radius 3 is 1.96 bits per heavy atom. The summed E-state index contributed by atoms with van der Waals surface area (Å²) in [5.41, 5.74) is 5.50. The van der Waals surface area contributed by atoms with E-state index in [1.165, 1.54) is 13.8 Å². The Morgan fingerprint density at radius 2 is 1.52 bits per heavy atom. The molecule has 0 aromatic carbocycles. The fraction of sp³-hybridized carbons (Fsp3) is 0.667. The molecule has 0 aliphatic carbocycles. The molecule has 0 aromatic heterocycles. The number of carbonyl (C=O) groups is 4. The molecule has 152 valence electrons. The molecule has 1 saturated heterocycles. The van der Waals surface area contributed by atoms with Gasteiger partial charge in [-0.05, 0) is 12.2 Å². The lowest BCUT2D eigenvalue weighted by Gasteiger charge is -2.45. The van der Waals surface area contributed by atoms with Crippen LogP contribution in [0.4, 0.5) is 0 Å². The number of carbonyl (C=O) groups excluding carboxylic acids is 4. The van der Waals surface area contributed by atoms with Crippen LogP contribution in [0.1, 0.15) is 27.7 Å². The van der Waals surface area contributed by atoms with E-state index >= 15 is 0 Å². The van der Waals surface area contributed by atoms with Gasteiger partial charge >= 0.3 is 17.9 Å². The number of hydrogen-bond acceptors (Lipinski definition) is 9. The fourth-order valence-corrected chi connectivity index (χ4v) is 2.71. The van der Waals surface area contributed by atoms with Crippen LogP contribution in [-0.2, 0) is 38.1 Å². The maximum absolute atomic E-state index is 11.6. The van der Waals surface area contributed by atoms with Gasteiger partial charge in [-0.2, -0.15) is 0 Å². The molecule has 1 rings (SSSR count). The van der Waals surface area contributed by atoms with Gasteiger partial charge in [-0.1, -0.05) is 0 Å². The minimum atomic E-state index is -1.16. The summed E-state index contributed by atoms with van der Waals surface area (Å²) < 4.78 is 21.2. The molecule has 4 N–H and O–H groups in total. The first kappa shape index (κ1) is 22.6. The van der Waals surface area contributed by atoms with E-state index in [-0.39, 0.29) is 11.7 Å². The van der Waals surface area contributed by atoms with Crippen molar-refractivity contribution in [3.05, 3.63) is 0 Å². The molecule has 1 aliphatic heterocycles. The van der Waals surface area contributed by atoms with Gasteiger partial charge in [-0.3, -0.25) is 19.2 Å². The standard InChI is InChI=1S/C15H23N3O8S/c1-6(19)17-11-13(25-9(4)22)12(24-8(3)21)10(5-23-7(2)20)26-14(11)18-15(16)27/h10-14H,5H2,1-4H3,(H,17,19)(H3,16,18,27)/t10-,11-,12-,13-,14+/m1/s1. The summed E-state index contributed by atoms with van der Waals surface area (Å²) in [6.07, 6.45) is -4.37. The van der Waals surface area contributed by atoms with E-state index in [2.05, 4.69) is 10.6 Å². The molecular weight excluding hydrogens is 382 g/mol. The maximum Gasteiger partial charge on any atom is 0.303 e. The number of thiocarbonyl (C=S) groups is 1. The summed E-state index contributed by atoms with van der Waals surface area (Å²) in [5.74, 6) is -2.42. The van der Waals surface area contributed by atoms with E-state index in [0.29, 0.717) is 0 Å². The van der Waals surface area contributed by atoms with Gasteiger partial charge in [0.1, 0.15) is 18.8 Å². The van der Waals surface area contributed by atoms with Crippen molar-refractivity contribution in [1.29, 1.82) is 0 Å². The second-order valence-electron chi connectivity index (χ2n) is 5.78. The van der Waals surface area contributed by atoms with Crippen LogP contribution < -0.4 is 16.4 Å². The van der Waals surface area contributed by atoms with Crippen molar-refractivity contribution in [3.63, 3.8) is 0 Å². The zero-order valence-corrected chi connectivity index (χ0v) is 16.2. The zero-order chi connectivity index (χ0) is 20.7. The van der Waals surface area contributed by atoms with Crippen molar-refractivity contribution < 1.29 is 38.1 Å². The van der Waals surface area contributed by atoms with Gasteiger partial charge in [0.2, 0.25) is 5.91 Å². The van der Waals surface area contributed by atoms with Gasteiger partial charge < -0.3 is 35.3 Å². The van der Waals surface area contributed by atoms with Crippen molar-refractivity contribution in [2.45, 2.75) is 58.3 Å². The summed E-state index contributed by atoms with van der Waals surface area (Å²) in [5, 5.41) is 5.05. The Bertz CT molecular complexity index is 614. The SMILES string of the molecule is CC(=O)N[C@@H]1[C@@H](OC(C)=O)[C@H](OC(C)=O)[C@@H](COC(C)=O)O[C@@H]1NC(N)=S. The second kappa shape index (κ2) is 10.0. The minimum absolute atomic E-state index is 0.144. The minimum Gasteiger partial charge on any atom is -0.463 e. The average molecular weight is 405 g/mol. The number of hydrogen-bond donors (Lipinski definition) is 3. The molecule has 1 fully saturated rings. The lowest BCUT2D eigenvalue weighted by Crippen LogP contribution is -2.69. The molecule has 0 spiro atoms. The van der Waals surface area contributed by atoms with E-state index in [4.69, 9.17) is 36.9 Å². The lowest BCUT2D eigenvalue weighted by molar-refractivity contribution is -0.225. The number of nitrogens with one attached hydrogen (secondary N) is 2. The Morgan fingerprint density at radius 1 is 0.963 bits per heavy atom. The molecule has 0 bridgehead atoms. The Kier molecular flexibility index (Phi) is 8.37. The number of ether oxygens (including phenoxy) is 4. The van der Waals surface area contributed by atoms with Crippen molar-refractivity contribution in [2.24, 2.45) is 5.73 Å². The average Bonchev–Trinajstić information content (AvgIpc) is 2.49. The molecule has 1 amide bonds. The lowest BCUT2D eigenvalue weighted by atomic mass is 9.95. The molecule has 27 heavy (non-hydrogen) atoms. The predicted molar refractivity (Wildman–Crippen MR) is 93.9 cm³/mol. The predicted octanol–water partition coefficient (Wildman–Crippen LogP) is -1.52. The molecule has 0 unspecified atom stereocenters. The Balaban J connectivity index is 3.29. The van der Waals surface area contributed by atoms with Crippen LogP contribution in [0, 0.1) is 0 Å². The molecule has 0 radical (unpaired) electrons. The highest BCUT2D eigenvalue weighted by Crippen LogP contribution is 2.26. The number of esters is 3. The van der Waals surface area contributed by atoms with Crippen molar-refractivity contribution in [1.82, 2.24) is 10.6 Å². The third-order valence-electron chi connectivity index (χ3n) is 3.40. The molecule has 0 aromatic rings. The van der Waals surface area contributed by atoms with Gasteiger partial charge in [0, 0.05) is 27.7 Å². The number of nitrogens with two attached hydrogens (primary N) is 1. The highest BCUT2D eigenvalue weighted by Gasteiger charge is 2.50. The van der Waals surface area contributed by atoms with Gasteiger partial charge in [0.05, 0.1) is 0 Å². The van der Waals surface area contributed by atoms with Crippen molar-refractivity contribution >= 4 is 41.1 Å². The summed E-state index contributed by atoms with van der Waals surface area (Å²) in [4.78, 5) is 45.9. The Hall–Kier alpha value is -2.47. The number of amides is 1. The van der Waals surface area contributed by atoms with E-state index in [9.17, 15) is 19.2 Å². The van der Waals surface area contributed by atoms with Gasteiger partial charge in [0.25, 0.3) is 0 Å². The summed E-state index contributed by atoms with van der Waals surface area (Å²) >= 11 is 4.81. The van der Waals surface area contributed by atoms with Crippen LogP contribution in [0.5, 0.6) is 0 Å². The van der Waals surface area contributed by atoms with Crippen LogP contribution in [0.25, 0.3) is 0 Å². The van der Waals surface area contributed by atoms with E-state index in [1.54, 1.807) is 0 Å². The largest absolute Gasteiger partial charge is 0.463 e. The van der Waals surface area contributed by atoms with Crippen LogP contribution in [0.15, 0.2) is 0 Å². The summed E-state index contributed by atoms with van der Waals surface area (Å²) in [7, 11) is 0. The fourth-order valence-electron chi connectivity index (χ4n) is 2.60. The van der Waals surface area contributed by atoms with Crippen molar-refractivity contribution in [3.8, 4) is 0 Å². The Labute approximate surface area is 161 Å². The zero-order valence-electron chi connectivity index (χ0n) is 15.3. The quantitative estimate of drug-likeness (QED) is 0.268. The second-order valence-corrected chi connectivity index (χ2v) is 6.22. The first-order chi connectivity index (χ1) is 12.5. The molecular formula is C15H23N3O8S. The van der Waals surface area contributed by atoms with E-state index < -0.39 is 54.4 Å². The normalized spacial score (nSPS) is 27.0. The first-order valence-electron chi connectivity index (χ1n) is 7.97.